The van der Waals surface area contributed by atoms with E-state index >= 15 is 0 Å². The molecule has 0 aliphatic rings. The number of rotatable bonds is 2. The molecule has 0 aliphatic heterocycles. The first-order valence-corrected chi connectivity index (χ1v) is 3.75. The van der Waals surface area contributed by atoms with E-state index in [1.807, 2.05) is 0 Å². The number of hydrogen-bond acceptors (Lipinski definition) is 3. The summed E-state index contributed by atoms with van der Waals surface area (Å²) in [5.41, 5.74) is -0.337. The average molecular weight is 196 g/mol. The number of nitrogens with zero attached hydrogens (tertiary/aromatic N) is 2. The van der Waals surface area contributed by atoms with Crippen LogP contribution in [0.25, 0.3) is 0 Å². The van der Waals surface area contributed by atoms with Gasteiger partial charge in [-0.3, -0.25) is 9.78 Å². The van der Waals surface area contributed by atoms with Gasteiger partial charge < -0.3 is 0 Å². The summed E-state index contributed by atoms with van der Waals surface area (Å²) >= 11 is 0. The van der Waals surface area contributed by atoms with Crippen molar-refractivity contribution in [3.05, 3.63) is 28.6 Å². The van der Waals surface area contributed by atoms with Crippen molar-refractivity contribution in [1.82, 2.24) is 4.98 Å². The summed E-state index contributed by atoms with van der Waals surface area (Å²) < 4.78 is 24.5. The van der Waals surface area contributed by atoms with Crippen LogP contribution < -0.4 is 0 Å². The van der Waals surface area contributed by atoms with Crippen molar-refractivity contribution in [2.45, 2.75) is 13.3 Å². The van der Waals surface area contributed by atoms with Gasteiger partial charge in [0.1, 0.15) is 11.8 Å². The van der Waals surface area contributed by atoms with Gasteiger partial charge in [-0.15, -0.1) is 0 Å². The molecular formula is C9H6F2N2O. The molecule has 0 fully saturated rings. The molecule has 0 atom stereocenters. The lowest BCUT2D eigenvalue weighted by atomic mass is 10.1. The molecule has 0 unspecified atom stereocenters. The molecule has 1 heterocycles. The van der Waals surface area contributed by atoms with E-state index in [0.29, 0.717) is 6.29 Å². The maximum atomic E-state index is 12.2. The van der Waals surface area contributed by atoms with Crippen molar-refractivity contribution in [2.24, 2.45) is 0 Å². The molecule has 0 amide bonds. The van der Waals surface area contributed by atoms with Crippen molar-refractivity contribution < 1.29 is 13.6 Å². The molecule has 14 heavy (non-hydrogen) atoms. The summed E-state index contributed by atoms with van der Waals surface area (Å²) in [5.74, 6) is 0. The van der Waals surface area contributed by atoms with Crippen LogP contribution in [0, 0.1) is 18.3 Å². The van der Waals surface area contributed by atoms with E-state index < -0.39 is 12.1 Å². The Hall–Kier alpha value is -1.83. The predicted octanol–water partition coefficient (Wildman–Crippen LogP) is 2.01. The van der Waals surface area contributed by atoms with Gasteiger partial charge in [-0.2, -0.15) is 5.26 Å². The zero-order chi connectivity index (χ0) is 10.7. The lowest BCUT2D eigenvalue weighted by Gasteiger charge is -2.04. The second-order valence-electron chi connectivity index (χ2n) is 2.63. The number of carbonyl (C=O) groups excluding carboxylic acids is 1. The second-order valence-corrected chi connectivity index (χ2v) is 2.63. The van der Waals surface area contributed by atoms with Crippen LogP contribution in [-0.4, -0.2) is 11.3 Å². The van der Waals surface area contributed by atoms with Crippen molar-refractivity contribution in [2.75, 3.05) is 0 Å². The molecule has 72 valence electrons. The number of halogens is 2. The summed E-state index contributed by atoms with van der Waals surface area (Å²) in [7, 11) is 0. The Labute approximate surface area is 79.0 Å². The Kier molecular flexibility index (Phi) is 2.87. The highest BCUT2D eigenvalue weighted by molar-refractivity contribution is 5.79. The average Bonchev–Trinajstić information content (AvgIpc) is 2.16. The van der Waals surface area contributed by atoms with Crippen molar-refractivity contribution >= 4 is 6.29 Å². The van der Waals surface area contributed by atoms with Gasteiger partial charge in [0.2, 0.25) is 0 Å². The third-order valence-corrected chi connectivity index (χ3v) is 1.71. The Bertz CT molecular complexity index is 410. The predicted molar refractivity (Wildman–Crippen MR) is 44.0 cm³/mol. The first-order valence-electron chi connectivity index (χ1n) is 3.75. The Morgan fingerprint density at radius 3 is 2.71 bits per heavy atom. The summed E-state index contributed by atoms with van der Waals surface area (Å²) in [5, 5.41) is 8.62. The monoisotopic (exact) mass is 196 g/mol. The van der Waals surface area contributed by atoms with Crippen molar-refractivity contribution in [3.8, 4) is 6.07 Å². The lowest BCUT2D eigenvalue weighted by Crippen LogP contribution is -2.00. The smallest absolute Gasteiger partial charge is 0.280 e. The quantitative estimate of drug-likeness (QED) is 0.680. The molecule has 0 aromatic carbocycles. The molecule has 0 saturated heterocycles. The minimum atomic E-state index is -2.74. The number of hydrogen-bond donors (Lipinski definition) is 0. The first kappa shape index (κ1) is 10.3. The van der Waals surface area contributed by atoms with Gasteiger partial charge in [-0.1, -0.05) is 0 Å². The Morgan fingerprint density at radius 1 is 1.64 bits per heavy atom. The number of carbonyl (C=O) groups is 1. The highest BCUT2D eigenvalue weighted by Gasteiger charge is 2.14. The van der Waals surface area contributed by atoms with Crippen molar-refractivity contribution in [1.29, 1.82) is 5.26 Å². The van der Waals surface area contributed by atoms with E-state index in [4.69, 9.17) is 5.26 Å². The maximum Gasteiger partial charge on any atom is 0.280 e. The number of nitriles is 1. The van der Waals surface area contributed by atoms with Crippen LogP contribution in [0.2, 0.25) is 0 Å². The zero-order valence-corrected chi connectivity index (χ0v) is 7.29. The van der Waals surface area contributed by atoms with Crippen LogP contribution >= 0.6 is 0 Å². The normalized spacial score (nSPS) is 9.93. The van der Waals surface area contributed by atoms with Gasteiger partial charge in [-0.05, 0) is 13.0 Å². The molecule has 1 aromatic heterocycles. The zero-order valence-electron chi connectivity index (χ0n) is 7.29. The highest BCUT2D eigenvalue weighted by Crippen LogP contribution is 2.20. The standard InChI is InChI=1S/C9H6F2N2O/c1-5-7(3-12)6(4-14)2-8(13-5)9(10)11/h2,4,9H,1H3. The Balaban J connectivity index is 3.40. The van der Waals surface area contributed by atoms with Crippen molar-refractivity contribution in [3.63, 3.8) is 0 Å². The van der Waals surface area contributed by atoms with Crippen LogP contribution in [0.3, 0.4) is 0 Å². The van der Waals surface area contributed by atoms with Gasteiger partial charge in [0.25, 0.3) is 6.43 Å². The first-order chi connectivity index (χ1) is 6.60. The fourth-order valence-electron chi connectivity index (χ4n) is 1.07. The minimum absolute atomic E-state index is 0.0457. The summed E-state index contributed by atoms with van der Waals surface area (Å²) in [6.07, 6.45) is -2.36. The van der Waals surface area contributed by atoms with Gasteiger partial charge in [0.05, 0.1) is 11.3 Å². The molecule has 1 rings (SSSR count). The maximum absolute atomic E-state index is 12.2. The number of aryl methyl sites for hydroxylation is 1. The van der Waals surface area contributed by atoms with Crippen LogP contribution in [0.1, 0.15) is 33.7 Å². The van der Waals surface area contributed by atoms with Gasteiger partial charge in [0.15, 0.2) is 6.29 Å². The molecule has 3 nitrogen and oxygen atoms in total. The molecule has 0 N–H and O–H groups in total. The molecular weight excluding hydrogens is 190 g/mol. The fraction of sp³-hybridized carbons (Fsp3) is 0.222. The van der Waals surface area contributed by atoms with Gasteiger partial charge in [-0.25, -0.2) is 8.78 Å². The molecule has 0 spiro atoms. The number of alkyl halides is 2. The van der Waals surface area contributed by atoms with E-state index in [-0.39, 0.29) is 16.8 Å². The largest absolute Gasteiger partial charge is 0.298 e. The van der Waals surface area contributed by atoms with Crippen LogP contribution in [0.5, 0.6) is 0 Å². The molecule has 5 heteroatoms. The van der Waals surface area contributed by atoms with Crippen LogP contribution in [0.4, 0.5) is 8.78 Å². The van der Waals surface area contributed by atoms with E-state index in [2.05, 4.69) is 4.98 Å². The van der Waals surface area contributed by atoms with Gasteiger partial charge >= 0.3 is 0 Å². The fourth-order valence-corrected chi connectivity index (χ4v) is 1.07. The van der Waals surface area contributed by atoms with Gasteiger partial charge in [0, 0.05) is 5.56 Å². The summed E-state index contributed by atoms with van der Waals surface area (Å²) in [6, 6.07) is 2.68. The van der Waals surface area contributed by atoms with E-state index in [0.717, 1.165) is 6.07 Å². The summed E-state index contributed by atoms with van der Waals surface area (Å²) in [6.45, 7) is 1.41. The Morgan fingerprint density at radius 2 is 2.29 bits per heavy atom. The highest BCUT2D eigenvalue weighted by atomic mass is 19.3. The van der Waals surface area contributed by atoms with E-state index in [1.54, 1.807) is 6.07 Å². The second kappa shape index (κ2) is 3.92. The number of aromatic nitrogens is 1. The van der Waals surface area contributed by atoms with Crippen LogP contribution in [-0.2, 0) is 0 Å². The third kappa shape index (κ3) is 1.74. The molecule has 0 aliphatic carbocycles. The van der Waals surface area contributed by atoms with Crippen LogP contribution in [0.15, 0.2) is 6.07 Å². The minimum Gasteiger partial charge on any atom is -0.298 e. The van der Waals surface area contributed by atoms with E-state index in [1.165, 1.54) is 6.92 Å². The molecule has 0 bridgehead atoms. The topological polar surface area (TPSA) is 53.8 Å². The lowest BCUT2D eigenvalue weighted by molar-refractivity contribution is 0.112. The molecule has 0 saturated carbocycles. The molecule has 1 aromatic rings. The summed E-state index contributed by atoms with van der Waals surface area (Å²) in [4.78, 5) is 14.0. The number of pyridine rings is 1. The number of aldehydes is 1. The SMILES string of the molecule is Cc1nc(C(F)F)cc(C=O)c1C#N. The van der Waals surface area contributed by atoms with E-state index in [9.17, 15) is 13.6 Å². The third-order valence-electron chi connectivity index (χ3n) is 1.71. The molecule has 0 radical (unpaired) electrons.